The third-order valence-corrected chi connectivity index (χ3v) is 0.302. The van der Waals surface area contributed by atoms with Crippen molar-refractivity contribution in [2.75, 3.05) is 0 Å². The van der Waals surface area contributed by atoms with Crippen LogP contribution in [0.4, 0.5) is 0 Å². The van der Waals surface area contributed by atoms with E-state index in [1.165, 1.54) is 0 Å². The third kappa shape index (κ3) is 3.47. The molecule has 30 valence electrons. The van der Waals surface area contributed by atoms with Crippen molar-refractivity contribution in [3.05, 3.63) is 0 Å². The smallest absolute Gasteiger partial charge is 0.303 e. The van der Waals surface area contributed by atoms with Crippen molar-refractivity contribution in [1.82, 2.24) is 0 Å². The van der Waals surface area contributed by atoms with Crippen molar-refractivity contribution >= 4 is 5.97 Å². The van der Waals surface area contributed by atoms with Crippen LogP contribution in [0.5, 0.6) is 0 Å². The highest BCUT2D eigenvalue weighted by Gasteiger charge is 1.80. The first-order valence-corrected chi connectivity index (χ1v) is 1.49. The first kappa shape index (κ1) is 4.47. The number of hydrogen-bond donors (Lipinski definition) is 1. The number of carboxylic acids is 1. The summed E-state index contributed by atoms with van der Waals surface area (Å²) in [5.74, 6) is -0.745. The fourth-order valence-corrected chi connectivity index (χ4v) is 0. The molecule has 0 fully saturated rings. The molecule has 0 unspecified atom stereocenters. The molecule has 0 spiro atoms. The summed E-state index contributed by atoms with van der Waals surface area (Å²) in [6.07, 6.45) is 0.222. The molecule has 0 rings (SSSR count). The summed E-state index contributed by atoms with van der Waals surface area (Å²) >= 11 is 0. The molecule has 0 saturated carbocycles. The van der Waals surface area contributed by atoms with Gasteiger partial charge in [0.25, 0.3) is 0 Å². The van der Waals surface area contributed by atoms with Crippen molar-refractivity contribution < 1.29 is 9.90 Å². The van der Waals surface area contributed by atoms with Crippen molar-refractivity contribution in [3.63, 3.8) is 0 Å². The summed E-state index contributed by atoms with van der Waals surface area (Å²) in [5, 5.41) is 7.72. The van der Waals surface area contributed by atoms with E-state index in [0.29, 0.717) is 0 Å². The normalized spacial score (nSPS) is 7.40. The second-order valence-electron chi connectivity index (χ2n) is 0.747. The maximum absolute atomic E-state index is 9.37. The minimum Gasteiger partial charge on any atom is -0.481 e. The van der Waals surface area contributed by atoms with Crippen LogP contribution >= 0.6 is 0 Å². The Morgan fingerprint density at radius 3 is 2.20 bits per heavy atom. The highest BCUT2D eigenvalue weighted by molar-refractivity contribution is 5.66. The van der Waals surface area contributed by atoms with Gasteiger partial charge in [-0.15, -0.1) is 0 Å². The largest absolute Gasteiger partial charge is 0.481 e. The molecule has 0 heterocycles. The lowest BCUT2D eigenvalue weighted by Crippen LogP contribution is -1.86. The molecule has 0 radical (unpaired) electrons. The minimum atomic E-state index is -0.745. The standard InChI is InChI=1S/C3H6O2/c1-2-3(4)5/h2H2,1H3,(H,4,5)/i2+2. The van der Waals surface area contributed by atoms with Crippen LogP contribution < -0.4 is 0 Å². The van der Waals surface area contributed by atoms with Gasteiger partial charge in [-0.3, -0.25) is 4.79 Å². The van der Waals surface area contributed by atoms with Crippen LogP contribution in [0.2, 0.25) is 0 Å². The zero-order valence-electron chi connectivity index (χ0n) is 3.06. The Morgan fingerprint density at radius 2 is 2.20 bits per heavy atom. The summed E-state index contributed by atoms with van der Waals surface area (Å²) in [7, 11) is 0. The van der Waals surface area contributed by atoms with Crippen LogP contribution in [0.3, 0.4) is 0 Å². The second kappa shape index (κ2) is 1.76. The molecule has 0 saturated heterocycles. The third-order valence-electron chi connectivity index (χ3n) is 0.302. The van der Waals surface area contributed by atoms with E-state index in [0.717, 1.165) is 0 Å². The van der Waals surface area contributed by atoms with Crippen LogP contribution in [0, 0.1) is 0 Å². The topological polar surface area (TPSA) is 37.3 Å². The lowest BCUT2D eigenvalue weighted by molar-refractivity contribution is -0.136. The molecule has 0 aliphatic carbocycles. The molecule has 2 nitrogen and oxygen atoms in total. The van der Waals surface area contributed by atoms with E-state index in [9.17, 15) is 4.79 Å². The Morgan fingerprint density at radius 1 is 2.00 bits per heavy atom. The van der Waals surface area contributed by atoms with Gasteiger partial charge >= 0.3 is 5.97 Å². The average Bonchev–Trinajstić information content (AvgIpc) is 1.38. The van der Waals surface area contributed by atoms with E-state index < -0.39 is 5.97 Å². The number of carboxylic acid groups (broad SMARTS) is 1. The Balaban J connectivity index is 2.85. The van der Waals surface area contributed by atoms with E-state index in [4.69, 9.17) is 5.11 Å². The van der Waals surface area contributed by atoms with Crippen molar-refractivity contribution in [2.24, 2.45) is 0 Å². The van der Waals surface area contributed by atoms with E-state index in [1.54, 1.807) is 6.92 Å². The van der Waals surface area contributed by atoms with Crippen LogP contribution in [-0.2, 0) is 4.79 Å². The van der Waals surface area contributed by atoms with Gasteiger partial charge in [-0.05, 0) is 0 Å². The summed E-state index contributed by atoms with van der Waals surface area (Å²) in [4.78, 5) is 9.37. The van der Waals surface area contributed by atoms with E-state index >= 15 is 0 Å². The SMILES string of the molecule is C[14CH2]C(=O)O. The molecular weight excluding hydrogens is 70.0 g/mol. The van der Waals surface area contributed by atoms with Crippen LogP contribution in [0.15, 0.2) is 0 Å². The molecule has 2 heteroatoms. The fraction of sp³-hybridized carbons (Fsp3) is 0.667. The predicted molar refractivity (Wildman–Crippen MR) is 17.9 cm³/mol. The van der Waals surface area contributed by atoms with Gasteiger partial charge in [0, 0.05) is 6.42 Å². The minimum absolute atomic E-state index is 0.222. The highest BCUT2D eigenvalue weighted by Crippen LogP contribution is 1.67. The molecule has 0 bridgehead atoms. The Kier molecular flexibility index (Phi) is 1.57. The quantitative estimate of drug-likeness (QED) is 0.493. The van der Waals surface area contributed by atoms with Gasteiger partial charge in [-0.25, -0.2) is 0 Å². The van der Waals surface area contributed by atoms with E-state index in [2.05, 4.69) is 0 Å². The van der Waals surface area contributed by atoms with Crippen molar-refractivity contribution in [2.45, 2.75) is 13.3 Å². The number of rotatable bonds is 1. The molecule has 5 heavy (non-hydrogen) atoms. The van der Waals surface area contributed by atoms with Gasteiger partial charge in [-0.2, -0.15) is 0 Å². The van der Waals surface area contributed by atoms with E-state index in [-0.39, 0.29) is 6.42 Å². The zero-order chi connectivity index (χ0) is 4.28. The molecule has 1 N–H and O–H groups in total. The van der Waals surface area contributed by atoms with Gasteiger partial charge in [0.1, 0.15) is 0 Å². The molecule has 0 aliphatic rings. The molecule has 0 aliphatic heterocycles. The van der Waals surface area contributed by atoms with Crippen LogP contribution in [0.1, 0.15) is 13.3 Å². The summed E-state index contributed by atoms with van der Waals surface area (Å²) in [5.41, 5.74) is 0. The monoisotopic (exact) mass is 76.0 g/mol. The molecule has 0 aromatic carbocycles. The molecule has 0 aromatic rings. The van der Waals surface area contributed by atoms with Crippen LogP contribution in [-0.4, -0.2) is 11.1 Å². The first-order valence-electron chi connectivity index (χ1n) is 1.49. The summed E-state index contributed by atoms with van der Waals surface area (Å²) < 4.78 is 0. The Labute approximate surface area is 30.4 Å². The van der Waals surface area contributed by atoms with Crippen LogP contribution in [0.25, 0.3) is 0 Å². The van der Waals surface area contributed by atoms with Crippen molar-refractivity contribution in [3.8, 4) is 0 Å². The predicted octanol–water partition coefficient (Wildman–Crippen LogP) is 0.481. The van der Waals surface area contributed by atoms with E-state index in [1.807, 2.05) is 0 Å². The fourth-order valence-electron chi connectivity index (χ4n) is 0. The number of carbonyl (C=O) groups is 1. The average molecular weight is 76.1 g/mol. The summed E-state index contributed by atoms with van der Waals surface area (Å²) in [6.45, 7) is 1.60. The highest BCUT2D eigenvalue weighted by atomic mass is 16.4. The molecule has 0 aromatic heterocycles. The first-order chi connectivity index (χ1) is 2.27. The Hall–Kier alpha value is -0.530. The molecular formula is C3H6O2. The molecule has 0 amide bonds. The van der Waals surface area contributed by atoms with Gasteiger partial charge in [0.15, 0.2) is 0 Å². The van der Waals surface area contributed by atoms with Gasteiger partial charge in [0.05, 0.1) is 0 Å². The molecule has 0 atom stereocenters. The van der Waals surface area contributed by atoms with Gasteiger partial charge in [0.2, 0.25) is 0 Å². The zero-order valence-corrected chi connectivity index (χ0v) is 3.06. The van der Waals surface area contributed by atoms with Gasteiger partial charge < -0.3 is 5.11 Å². The Bertz CT molecular complexity index is 40.2. The lowest BCUT2D eigenvalue weighted by Gasteiger charge is -1.71. The lowest BCUT2D eigenvalue weighted by atomic mass is 11.1. The van der Waals surface area contributed by atoms with Crippen molar-refractivity contribution in [1.29, 1.82) is 0 Å². The number of hydrogen-bond acceptors (Lipinski definition) is 1. The maximum Gasteiger partial charge on any atom is 0.303 e. The second-order valence-corrected chi connectivity index (χ2v) is 0.747. The maximum atomic E-state index is 9.37. The summed E-state index contributed by atoms with van der Waals surface area (Å²) in [6, 6.07) is 0. The van der Waals surface area contributed by atoms with Gasteiger partial charge in [-0.1, -0.05) is 6.92 Å². The number of aliphatic carboxylic acids is 1.